The van der Waals surface area contributed by atoms with Gasteiger partial charge in [0.05, 0.1) is 5.52 Å². The van der Waals surface area contributed by atoms with Crippen LogP contribution in [0.1, 0.15) is 48.2 Å². The average Bonchev–Trinajstić information content (AvgIpc) is 2.48. The second-order valence-electron chi connectivity index (χ2n) is 5.68. The Morgan fingerprint density at radius 1 is 1.33 bits per heavy atom. The van der Waals surface area contributed by atoms with Crippen molar-refractivity contribution in [2.45, 2.75) is 45.1 Å². The molecule has 0 bridgehead atoms. The Balaban J connectivity index is 1.92. The SMILES string of the molecule is Cc1nccc2[nH]c(=O)c(C(=O)NC3CCCCC3)cc12. The lowest BCUT2D eigenvalue weighted by Gasteiger charge is -2.22. The Morgan fingerprint density at radius 3 is 2.86 bits per heavy atom. The number of fused-ring (bicyclic) bond motifs is 1. The molecule has 21 heavy (non-hydrogen) atoms. The molecule has 5 nitrogen and oxygen atoms in total. The van der Waals surface area contributed by atoms with E-state index in [2.05, 4.69) is 15.3 Å². The lowest BCUT2D eigenvalue weighted by molar-refractivity contribution is 0.0926. The second kappa shape index (κ2) is 5.68. The van der Waals surface area contributed by atoms with Gasteiger partial charge in [-0.1, -0.05) is 19.3 Å². The highest BCUT2D eigenvalue weighted by Gasteiger charge is 2.19. The number of hydrogen-bond donors (Lipinski definition) is 2. The molecule has 1 saturated carbocycles. The monoisotopic (exact) mass is 285 g/mol. The first-order chi connectivity index (χ1) is 10.1. The minimum atomic E-state index is -0.346. The Morgan fingerprint density at radius 2 is 2.10 bits per heavy atom. The van der Waals surface area contributed by atoms with Gasteiger partial charge in [0.2, 0.25) is 0 Å². The van der Waals surface area contributed by atoms with Crippen molar-refractivity contribution in [3.05, 3.63) is 39.9 Å². The van der Waals surface area contributed by atoms with E-state index in [0.29, 0.717) is 5.52 Å². The fraction of sp³-hybridized carbons (Fsp3) is 0.438. The van der Waals surface area contributed by atoms with Crippen molar-refractivity contribution in [3.8, 4) is 0 Å². The van der Waals surface area contributed by atoms with Crippen LogP contribution in [0.3, 0.4) is 0 Å². The molecule has 110 valence electrons. The van der Waals surface area contributed by atoms with Crippen LogP contribution in [0.4, 0.5) is 0 Å². The lowest BCUT2D eigenvalue weighted by atomic mass is 9.95. The van der Waals surface area contributed by atoms with Crippen molar-refractivity contribution in [2.75, 3.05) is 0 Å². The van der Waals surface area contributed by atoms with Crippen LogP contribution >= 0.6 is 0 Å². The fourth-order valence-corrected chi connectivity index (χ4v) is 2.95. The van der Waals surface area contributed by atoms with Gasteiger partial charge in [0.1, 0.15) is 5.56 Å². The molecule has 0 aliphatic heterocycles. The summed E-state index contributed by atoms with van der Waals surface area (Å²) in [6.45, 7) is 1.86. The summed E-state index contributed by atoms with van der Waals surface area (Å²) in [7, 11) is 0. The van der Waals surface area contributed by atoms with Gasteiger partial charge in [0.25, 0.3) is 11.5 Å². The van der Waals surface area contributed by atoms with Crippen LogP contribution in [0.2, 0.25) is 0 Å². The Labute approximate surface area is 122 Å². The average molecular weight is 285 g/mol. The maximum Gasteiger partial charge on any atom is 0.261 e. The Hall–Kier alpha value is -2.17. The van der Waals surface area contributed by atoms with E-state index in [1.807, 2.05) is 6.92 Å². The summed E-state index contributed by atoms with van der Waals surface area (Å²) in [6, 6.07) is 3.58. The number of aromatic amines is 1. The van der Waals surface area contributed by atoms with Crippen molar-refractivity contribution in [2.24, 2.45) is 0 Å². The van der Waals surface area contributed by atoms with Crippen LogP contribution in [-0.4, -0.2) is 21.9 Å². The summed E-state index contributed by atoms with van der Waals surface area (Å²) in [4.78, 5) is 31.4. The van der Waals surface area contributed by atoms with Crippen LogP contribution in [0, 0.1) is 6.92 Å². The van der Waals surface area contributed by atoms with Gasteiger partial charge in [-0.15, -0.1) is 0 Å². The summed E-state index contributed by atoms with van der Waals surface area (Å²) in [5, 5.41) is 3.79. The molecule has 1 aliphatic rings. The number of H-pyrrole nitrogens is 1. The second-order valence-corrected chi connectivity index (χ2v) is 5.68. The van der Waals surface area contributed by atoms with Crippen molar-refractivity contribution in [1.29, 1.82) is 0 Å². The standard InChI is InChI=1S/C16H19N3O2/c1-10-12-9-13(16(21)19-14(12)7-8-17-10)15(20)18-11-5-3-2-4-6-11/h7-9,11H,2-6H2,1H3,(H,18,20)(H,19,21). The zero-order chi connectivity index (χ0) is 14.8. The molecule has 1 amide bonds. The number of carbonyl (C=O) groups excluding carboxylic acids is 1. The van der Waals surface area contributed by atoms with Crippen LogP contribution in [0.5, 0.6) is 0 Å². The summed E-state index contributed by atoms with van der Waals surface area (Å²) < 4.78 is 0. The van der Waals surface area contributed by atoms with Gasteiger partial charge in [-0.05, 0) is 31.9 Å². The zero-order valence-electron chi connectivity index (χ0n) is 12.1. The maximum atomic E-state index is 12.3. The third-order valence-electron chi connectivity index (χ3n) is 4.16. The molecule has 0 radical (unpaired) electrons. The van der Waals surface area contributed by atoms with E-state index in [9.17, 15) is 9.59 Å². The molecule has 2 N–H and O–H groups in total. The summed E-state index contributed by atoms with van der Waals surface area (Å²) in [5.41, 5.74) is 1.34. The van der Waals surface area contributed by atoms with E-state index in [-0.39, 0.29) is 23.1 Å². The van der Waals surface area contributed by atoms with Gasteiger partial charge in [0.15, 0.2) is 0 Å². The highest BCUT2D eigenvalue weighted by molar-refractivity contribution is 5.97. The predicted molar refractivity (Wildman–Crippen MR) is 81.4 cm³/mol. The molecular weight excluding hydrogens is 266 g/mol. The van der Waals surface area contributed by atoms with Gasteiger partial charge < -0.3 is 10.3 Å². The molecule has 5 heteroatoms. The molecule has 0 aromatic carbocycles. The van der Waals surface area contributed by atoms with E-state index in [1.54, 1.807) is 18.3 Å². The molecule has 2 aromatic rings. The summed E-state index contributed by atoms with van der Waals surface area (Å²) in [6.07, 6.45) is 7.16. The van der Waals surface area contributed by atoms with Crippen molar-refractivity contribution in [3.63, 3.8) is 0 Å². The normalized spacial score (nSPS) is 16.0. The lowest BCUT2D eigenvalue weighted by Crippen LogP contribution is -2.38. The van der Waals surface area contributed by atoms with E-state index >= 15 is 0 Å². The number of rotatable bonds is 2. The molecule has 0 spiro atoms. The first-order valence-electron chi connectivity index (χ1n) is 7.44. The Bertz CT molecular complexity index is 730. The quantitative estimate of drug-likeness (QED) is 0.889. The van der Waals surface area contributed by atoms with E-state index in [0.717, 1.165) is 36.8 Å². The molecule has 2 heterocycles. The van der Waals surface area contributed by atoms with Gasteiger partial charge in [-0.3, -0.25) is 14.6 Å². The zero-order valence-corrected chi connectivity index (χ0v) is 12.1. The minimum Gasteiger partial charge on any atom is -0.349 e. The number of amides is 1. The fourth-order valence-electron chi connectivity index (χ4n) is 2.95. The van der Waals surface area contributed by atoms with Crippen LogP contribution in [0.25, 0.3) is 10.9 Å². The molecule has 1 fully saturated rings. The van der Waals surface area contributed by atoms with Crippen LogP contribution in [0.15, 0.2) is 23.1 Å². The first kappa shape index (κ1) is 13.8. The van der Waals surface area contributed by atoms with Crippen molar-refractivity contribution < 1.29 is 4.79 Å². The van der Waals surface area contributed by atoms with Gasteiger partial charge in [0, 0.05) is 23.3 Å². The number of aryl methyl sites for hydroxylation is 1. The molecule has 0 atom stereocenters. The van der Waals surface area contributed by atoms with Crippen molar-refractivity contribution >= 4 is 16.8 Å². The number of carbonyl (C=O) groups is 1. The van der Waals surface area contributed by atoms with Crippen LogP contribution in [-0.2, 0) is 0 Å². The topological polar surface area (TPSA) is 74.8 Å². The highest BCUT2D eigenvalue weighted by Crippen LogP contribution is 2.18. The van der Waals surface area contributed by atoms with Crippen LogP contribution < -0.4 is 10.9 Å². The summed E-state index contributed by atoms with van der Waals surface area (Å²) >= 11 is 0. The molecule has 1 aliphatic carbocycles. The maximum absolute atomic E-state index is 12.3. The third kappa shape index (κ3) is 2.82. The molecule has 0 unspecified atom stereocenters. The molecule has 0 saturated heterocycles. The molecule has 3 rings (SSSR count). The minimum absolute atomic E-state index is 0.171. The van der Waals surface area contributed by atoms with Gasteiger partial charge in [-0.25, -0.2) is 0 Å². The smallest absolute Gasteiger partial charge is 0.261 e. The largest absolute Gasteiger partial charge is 0.349 e. The first-order valence-corrected chi connectivity index (χ1v) is 7.44. The molecular formula is C16H19N3O2. The van der Waals surface area contributed by atoms with E-state index in [4.69, 9.17) is 0 Å². The number of nitrogens with one attached hydrogen (secondary N) is 2. The third-order valence-corrected chi connectivity index (χ3v) is 4.16. The van der Waals surface area contributed by atoms with Gasteiger partial charge in [-0.2, -0.15) is 0 Å². The highest BCUT2D eigenvalue weighted by atomic mass is 16.2. The summed E-state index contributed by atoms with van der Waals surface area (Å²) in [5.74, 6) is -0.284. The number of hydrogen-bond acceptors (Lipinski definition) is 3. The Kier molecular flexibility index (Phi) is 3.73. The van der Waals surface area contributed by atoms with Crippen molar-refractivity contribution in [1.82, 2.24) is 15.3 Å². The molecule has 2 aromatic heterocycles. The van der Waals surface area contributed by atoms with E-state index in [1.165, 1.54) is 6.42 Å². The predicted octanol–water partition coefficient (Wildman–Crippen LogP) is 2.29. The number of pyridine rings is 2. The number of nitrogens with zero attached hydrogens (tertiary/aromatic N) is 1. The number of aromatic nitrogens is 2. The van der Waals surface area contributed by atoms with Gasteiger partial charge >= 0.3 is 0 Å². The van der Waals surface area contributed by atoms with E-state index < -0.39 is 0 Å².